The number of rotatable bonds is 7. The number of aromatic nitrogens is 6. The minimum absolute atomic E-state index is 0.0739. The zero-order valence-corrected chi connectivity index (χ0v) is 18.8. The maximum absolute atomic E-state index is 13.6. The SMILES string of the molecule is CC(F)(F)[C@@H](O)Cn1c(-c2ccc(Cl)cc2)nn(Cc2cn(-c3ccccc3Cl)nn2)c1=O. The summed E-state index contributed by atoms with van der Waals surface area (Å²) in [6, 6.07) is 13.4. The van der Waals surface area contributed by atoms with E-state index in [0.717, 1.165) is 9.25 Å². The quantitative estimate of drug-likeness (QED) is 0.423. The molecule has 1 atom stereocenters. The number of nitrogens with zero attached hydrogens (tertiary/aromatic N) is 6. The van der Waals surface area contributed by atoms with Gasteiger partial charge in [-0.05, 0) is 36.4 Å². The third-order valence-electron chi connectivity index (χ3n) is 4.92. The molecule has 0 saturated carbocycles. The van der Waals surface area contributed by atoms with Crippen molar-refractivity contribution in [2.75, 3.05) is 0 Å². The van der Waals surface area contributed by atoms with Crippen LogP contribution in [0.5, 0.6) is 0 Å². The highest BCUT2D eigenvalue weighted by molar-refractivity contribution is 6.32. The third kappa shape index (κ3) is 4.97. The Bertz CT molecular complexity index is 1330. The Morgan fingerprint density at radius 2 is 1.82 bits per heavy atom. The maximum atomic E-state index is 13.6. The van der Waals surface area contributed by atoms with Crippen molar-refractivity contribution in [2.45, 2.75) is 32.0 Å². The predicted octanol–water partition coefficient (Wildman–Crippen LogP) is 3.66. The third-order valence-corrected chi connectivity index (χ3v) is 5.49. The number of alkyl halides is 2. The number of aliphatic hydroxyl groups excluding tert-OH is 1. The minimum atomic E-state index is -3.41. The molecule has 0 radical (unpaired) electrons. The fourth-order valence-corrected chi connectivity index (χ4v) is 3.48. The lowest BCUT2D eigenvalue weighted by Crippen LogP contribution is -2.38. The van der Waals surface area contributed by atoms with Crippen LogP contribution in [0.2, 0.25) is 10.0 Å². The summed E-state index contributed by atoms with van der Waals surface area (Å²) in [5.74, 6) is -3.30. The topological polar surface area (TPSA) is 90.8 Å². The van der Waals surface area contributed by atoms with Crippen molar-refractivity contribution < 1.29 is 13.9 Å². The average Bonchev–Trinajstić information content (AvgIpc) is 3.34. The molecule has 0 aliphatic heterocycles. The van der Waals surface area contributed by atoms with E-state index in [1.54, 1.807) is 54.7 Å². The van der Waals surface area contributed by atoms with Gasteiger partial charge in [-0.25, -0.2) is 22.9 Å². The van der Waals surface area contributed by atoms with Crippen LogP contribution in [0.15, 0.2) is 59.5 Å². The lowest BCUT2D eigenvalue weighted by atomic mass is 10.2. The van der Waals surface area contributed by atoms with Gasteiger partial charge in [0.15, 0.2) is 5.82 Å². The van der Waals surface area contributed by atoms with Gasteiger partial charge in [-0.3, -0.25) is 4.57 Å². The highest BCUT2D eigenvalue weighted by Gasteiger charge is 2.34. The van der Waals surface area contributed by atoms with Gasteiger partial charge >= 0.3 is 5.69 Å². The highest BCUT2D eigenvalue weighted by atomic mass is 35.5. The first-order valence-corrected chi connectivity index (χ1v) is 10.5. The maximum Gasteiger partial charge on any atom is 0.346 e. The lowest BCUT2D eigenvalue weighted by molar-refractivity contribution is -0.0993. The fourth-order valence-electron chi connectivity index (χ4n) is 3.13. The molecule has 0 saturated heterocycles. The molecule has 0 aliphatic carbocycles. The molecule has 12 heteroatoms. The van der Waals surface area contributed by atoms with E-state index >= 15 is 0 Å². The van der Waals surface area contributed by atoms with Gasteiger partial charge in [0.2, 0.25) is 0 Å². The van der Waals surface area contributed by atoms with E-state index < -0.39 is 24.3 Å². The van der Waals surface area contributed by atoms with Gasteiger partial charge in [-0.1, -0.05) is 40.5 Å². The molecule has 2 aromatic heterocycles. The molecule has 33 heavy (non-hydrogen) atoms. The Morgan fingerprint density at radius 3 is 2.48 bits per heavy atom. The molecule has 0 fully saturated rings. The first-order chi connectivity index (χ1) is 15.6. The zero-order chi connectivity index (χ0) is 23.8. The Balaban J connectivity index is 1.71. The summed E-state index contributed by atoms with van der Waals surface area (Å²) in [6.45, 7) is -0.135. The summed E-state index contributed by atoms with van der Waals surface area (Å²) in [5.41, 5.74) is 0.786. The van der Waals surface area contributed by atoms with Gasteiger partial charge in [0.05, 0.1) is 30.0 Å². The van der Waals surface area contributed by atoms with Crippen LogP contribution in [0.1, 0.15) is 12.6 Å². The second kappa shape index (κ2) is 9.05. The number of aliphatic hydroxyl groups is 1. The molecule has 0 aliphatic rings. The van der Waals surface area contributed by atoms with Crippen molar-refractivity contribution in [3.63, 3.8) is 0 Å². The normalized spacial score (nSPS) is 12.8. The number of para-hydroxylation sites is 1. The van der Waals surface area contributed by atoms with E-state index in [0.29, 0.717) is 33.9 Å². The van der Waals surface area contributed by atoms with Crippen molar-refractivity contribution in [3.05, 3.63) is 81.0 Å². The Kier molecular flexibility index (Phi) is 6.33. The number of hydrogen-bond donors (Lipinski definition) is 1. The largest absolute Gasteiger partial charge is 0.385 e. The smallest absolute Gasteiger partial charge is 0.346 e. The molecular weight excluding hydrogens is 477 g/mol. The van der Waals surface area contributed by atoms with Crippen molar-refractivity contribution in [2.24, 2.45) is 0 Å². The van der Waals surface area contributed by atoms with Crippen LogP contribution in [0.4, 0.5) is 8.78 Å². The Labute approximate surface area is 196 Å². The fraction of sp³-hybridized carbons (Fsp3) is 0.238. The van der Waals surface area contributed by atoms with E-state index in [1.807, 2.05) is 0 Å². The summed E-state index contributed by atoms with van der Waals surface area (Å²) < 4.78 is 30.8. The van der Waals surface area contributed by atoms with Crippen LogP contribution in [0, 0.1) is 0 Å². The summed E-state index contributed by atoms with van der Waals surface area (Å²) in [6.07, 6.45) is -0.496. The predicted molar refractivity (Wildman–Crippen MR) is 119 cm³/mol. The molecule has 2 aromatic carbocycles. The van der Waals surface area contributed by atoms with E-state index in [1.165, 1.54) is 4.68 Å². The van der Waals surface area contributed by atoms with Crippen molar-refractivity contribution >= 4 is 23.2 Å². The van der Waals surface area contributed by atoms with Crippen molar-refractivity contribution in [3.8, 4) is 17.1 Å². The van der Waals surface area contributed by atoms with E-state index in [9.17, 15) is 18.7 Å². The molecule has 4 rings (SSSR count). The van der Waals surface area contributed by atoms with Gasteiger partial charge in [-0.15, -0.1) is 10.2 Å². The van der Waals surface area contributed by atoms with Gasteiger partial charge in [0.1, 0.15) is 11.8 Å². The minimum Gasteiger partial charge on any atom is -0.385 e. The molecule has 0 amide bonds. The van der Waals surface area contributed by atoms with Crippen LogP contribution < -0.4 is 5.69 Å². The Morgan fingerprint density at radius 1 is 1.12 bits per heavy atom. The number of benzene rings is 2. The average molecular weight is 495 g/mol. The van der Waals surface area contributed by atoms with Crippen LogP contribution >= 0.6 is 23.2 Å². The number of hydrogen-bond acceptors (Lipinski definition) is 5. The van der Waals surface area contributed by atoms with Crippen molar-refractivity contribution in [1.29, 1.82) is 0 Å². The van der Waals surface area contributed by atoms with Gasteiger partial charge in [0, 0.05) is 17.5 Å². The molecule has 4 aromatic rings. The monoisotopic (exact) mass is 494 g/mol. The summed E-state index contributed by atoms with van der Waals surface area (Å²) >= 11 is 12.1. The van der Waals surface area contributed by atoms with Crippen molar-refractivity contribution in [1.82, 2.24) is 29.3 Å². The standard InChI is InChI=1S/C21H18Cl2F2N6O2/c1-21(24,25)18(32)12-29-19(13-6-8-14(22)9-7-13)27-31(20(29)33)11-15-10-30(28-26-15)17-5-3-2-4-16(17)23/h2-10,18,32H,11-12H2,1H3/t18-/m0/s1. The number of halogens is 4. The second-order valence-electron chi connectivity index (χ2n) is 7.46. The van der Waals surface area contributed by atoms with Gasteiger partial charge < -0.3 is 5.11 Å². The van der Waals surface area contributed by atoms with Gasteiger partial charge in [0.25, 0.3) is 5.92 Å². The van der Waals surface area contributed by atoms with Crippen LogP contribution in [0.25, 0.3) is 17.1 Å². The van der Waals surface area contributed by atoms with Crippen LogP contribution in [-0.4, -0.2) is 46.5 Å². The lowest BCUT2D eigenvalue weighted by Gasteiger charge is -2.18. The molecule has 1 N–H and O–H groups in total. The molecule has 0 spiro atoms. The van der Waals surface area contributed by atoms with E-state index in [2.05, 4.69) is 15.4 Å². The second-order valence-corrected chi connectivity index (χ2v) is 8.30. The zero-order valence-electron chi connectivity index (χ0n) is 17.2. The van der Waals surface area contributed by atoms with Crippen LogP contribution in [0.3, 0.4) is 0 Å². The molecule has 2 heterocycles. The molecule has 0 unspecified atom stereocenters. The highest BCUT2D eigenvalue weighted by Crippen LogP contribution is 2.23. The van der Waals surface area contributed by atoms with Gasteiger partial charge in [-0.2, -0.15) is 0 Å². The summed E-state index contributed by atoms with van der Waals surface area (Å²) in [7, 11) is 0. The summed E-state index contributed by atoms with van der Waals surface area (Å²) in [4.78, 5) is 13.0. The molecule has 8 nitrogen and oxygen atoms in total. The molecule has 0 bridgehead atoms. The first kappa shape index (κ1) is 23.1. The van der Waals surface area contributed by atoms with Crippen LogP contribution in [-0.2, 0) is 13.1 Å². The Hall–Kier alpha value is -3.08. The molecule has 172 valence electrons. The van der Waals surface area contributed by atoms with E-state index in [-0.39, 0.29) is 12.4 Å². The van der Waals surface area contributed by atoms with E-state index in [4.69, 9.17) is 23.2 Å². The first-order valence-electron chi connectivity index (χ1n) is 9.79. The summed E-state index contributed by atoms with van der Waals surface area (Å²) in [5, 5.41) is 23.2. The molecular formula is C21H18Cl2F2N6O2.